The highest BCUT2D eigenvalue weighted by Crippen LogP contribution is 2.35. The van der Waals surface area contributed by atoms with Crippen LogP contribution < -0.4 is 0 Å². The Morgan fingerprint density at radius 2 is 1.68 bits per heavy atom. The molecule has 122 valence electrons. The molecule has 0 saturated heterocycles. The highest BCUT2D eigenvalue weighted by Gasteiger charge is 2.17. The highest BCUT2D eigenvalue weighted by molar-refractivity contribution is 6.11. The summed E-state index contributed by atoms with van der Waals surface area (Å²) in [5.74, 6) is 0. The summed E-state index contributed by atoms with van der Waals surface area (Å²) >= 11 is 0. The van der Waals surface area contributed by atoms with Crippen LogP contribution in [0.15, 0.2) is 60.7 Å². The van der Waals surface area contributed by atoms with Gasteiger partial charge in [0.2, 0.25) is 0 Å². The van der Waals surface area contributed by atoms with E-state index in [2.05, 4.69) is 85.1 Å². The van der Waals surface area contributed by atoms with Crippen LogP contribution in [-0.2, 0) is 13.0 Å². The zero-order valence-electron chi connectivity index (χ0n) is 14.6. The number of nitriles is 1. The van der Waals surface area contributed by atoms with Gasteiger partial charge in [-0.1, -0.05) is 54.6 Å². The van der Waals surface area contributed by atoms with Gasteiger partial charge in [-0.15, -0.1) is 0 Å². The van der Waals surface area contributed by atoms with Gasteiger partial charge < -0.3 is 4.57 Å². The Bertz CT molecular complexity index is 1110. The van der Waals surface area contributed by atoms with Crippen LogP contribution in [0.5, 0.6) is 0 Å². The van der Waals surface area contributed by atoms with Gasteiger partial charge in [-0.05, 0) is 42.2 Å². The number of aromatic nitrogens is 1. The molecule has 0 fully saturated rings. The molecule has 0 unspecified atom stereocenters. The fourth-order valence-corrected chi connectivity index (χ4v) is 3.89. The van der Waals surface area contributed by atoms with E-state index >= 15 is 0 Å². The first-order valence-corrected chi connectivity index (χ1v) is 8.61. The number of hydrogen-bond acceptors (Lipinski definition) is 1. The molecule has 0 amide bonds. The minimum atomic E-state index is 0.454. The van der Waals surface area contributed by atoms with E-state index in [1.165, 1.54) is 38.5 Å². The summed E-state index contributed by atoms with van der Waals surface area (Å²) in [6.07, 6.45) is 0.454. The number of aryl methyl sites for hydroxylation is 2. The third-order valence-electron chi connectivity index (χ3n) is 5.05. The van der Waals surface area contributed by atoms with Crippen LogP contribution in [0, 0.1) is 25.2 Å². The molecular weight excluding hydrogens is 304 g/mol. The molecule has 25 heavy (non-hydrogen) atoms. The van der Waals surface area contributed by atoms with E-state index in [1.807, 2.05) is 0 Å². The Kier molecular flexibility index (Phi) is 3.78. The van der Waals surface area contributed by atoms with Gasteiger partial charge >= 0.3 is 0 Å². The first-order valence-electron chi connectivity index (χ1n) is 8.61. The van der Waals surface area contributed by atoms with Crippen LogP contribution in [-0.4, -0.2) is 4.57 Å². The maximum Gasteiger partial charge on any atom is 0.0669 e. The van der Waals surface area contributed by atoms with Crippen molar-refractivity contribution in [3.63, 3.8) is 0 Å². The number of rotatable bonds is 3. The Balaban J connectivity index is 2.09. The first-order chi connectivity index (χ1) is 12.2. The van der Waals surface area contributed by atoms with Crippen molar-refractivity contribution in [3.8, 4) is 6.07 Å². The quantitative estimate of drug-likeness (QED) is 0.487. The zero-order chi connectivity index (χ0) is 17.4. The molecule has 0 aliphatic rings. The van der Waals surface area contributed by atoms with Crippen molar-refractivity contribution < 1.29 is 0 Å². The van der Waals surface area contributed by atoms with E-state index in [9.17, 15) is 5.26 Å². The Morgan fingerprint density at radius 3 is 2.44 bits per heavy atom. The molecule has 0 aliphatic heterocycles. The number of para-hydroxylation sites is 1. The topological polar surface area (TPSA) is 28.7 Å². The van der Waals surface area contributed by atoms with E-state index in [0.717, 1.165) is 12.1 Å². The summed E-state index contributed by atoms with van der Waals surface area (Å²) in [7, 11) is 0. The predicted octanol–water partition coefficient (Wildman–Crippen LogP) is 5.53. The fraction of sp³-hybridized carbons (Fsp3) is 0.174. The largest absolute Gasteiger partial charge is 0.336 e. The third-order valence-corrected chi connectivity index (χ3v) is 5.05. The Morgan fingerprint density at radius 1 is 0.960 bits per heavy atom. The lowest BCUT2D eigenvalue weighted by Gasteiger charge is -2.12. The second-order valence-corrected chi connectivity index (χ2v) is 6.62. The van der Waals surface area contributed by atoms with Gasteiger partial charge in [0.05, 0.1) is 18.0 Å². The van der Waals surface area contributed by atoms with Gasteiger partial charge in [0.15, 0.2) is 0 Å². The summed E-state index contributed by atoms with van der Waals surface area (Å²) in [5.41, 5.74) is 7.39. The lowest BCUT2D eigenvalue weighted by atomic mass is 9.97. The van der Waals surface area contributed by atoms with Crippen molar-refractivity contribution in [2.45, 2.75) is 26.8 Å². The van der Waals surface area contributed by atoms with Gasteiger partial charge in [-0.3, -0.25) is 0 Å². The second kappa shape index (κ2) is 6.11. The third kappa shape index (κ3) is 2.49. The minimum absolute atomic E-state index is 0.454. The van der Waals surface area contributed by atoms with Crippen LogP contribution in [0.3, 0.4) is 0 Å². The molecule has 0 aliphatic carbocycles. The lowest BCUT2D eigenvalue weighted by molar-refractivity contribution is 0.864. The summed E-state index contributed by atoms with van der Waals surface area (Å²) in [5, 5.41) is 11.8. The second-order valence-electron chi connectivity index (χ2n) is 6.62. The smallest absolute Gasteiger partial charge is 0.0669 e. The van der Waals surface area contributed by atoms with E-state index in [-0.39, 0.29) is 0 Å². The molecule has 0 bridgehead atoms. The summed E-state index contributed by atoms with van der Waals surface area (Å²) in [6.45, 7) is 5.14. The van der Waals surface area contributed by atoms with E-state index in [4.69, 9.17) is 0 Å². The molecule has 2 heteroatoms. The molecule has 0 radical (unpaired) electrons. The average molecular weight is 324 g/mol. The van der Waals surface area contributed by atoms with Crippen molar-refractivity contribution in [3.05, 3.63) is 82.9 Å². The normalized spacial score (nSPS) is 11.1. The number of fused-ring (bicyclic) bond motifs is 3. The maximum absolute atomic E-state index is 9.19. The summed E-state index contributed by atoms with van der Waals surface area (Å²) in [6, 6.07) is 23.7. The fourth-order valence-electron chi connectivity index (χ4n) is 3.89. The van der Waals surface area contributed by atoms with Gasteiger partial charge in [0, 0.05) is 22.8 Å². The van der Waals surface area contributed by atoms with Crippen LogP contribution in [0.1, 0.15) is 22.3 Å². The molecule has 1 heterocycles. The number of nitrogens with zero attached hydrogens (tertiary/aromatic N) is 2. The number of benzene rings is 3. The summed E-state index contributed by atoms with van der Waals surface area (Å²) in [4.78, 5) is 0. The SMILES string of the molecule is Cc1cc(CC#N)c(C)c2c1c1ccccc1n2Cc1ccccc1. The predicted molar refractivity (Wildman–Crippen MR) is 104 cm³/mol. The molecule has 3 aromatic carbocycles. The molecule has 0 saturated carbocycles. The minimum Gasteiger partial charge on any atom is -0.336 e. The van der Waals surface area contributed by atoms with E-state index < -0.39 is 0 Å². The lowest BCUT2D eigenvalue weighted by Crippen LogP contribution is -2.02. The molecule has 0 N–H and O–H groups in total. The van der Waals surface area contributed by atoms with Crippen molar-refractivity contribution in [2.24, 2.45) is 0 Å². The average Bonchev–Trinajstić information content (AvgIpc) is 2.96. The van der Waals surface area contributed by atoms with Crippen molar-refractivity contribution >= 4 is 21.8 Å². The van der Waals surface area contributed by atoms with Crippen molar-refractivity contribution in [1.29, 1.82) is 5.26 Å². The molecule has 0 spiro atoms. The Hall–Kier alpha value is -3.05. The molecule has 0 atom stereocenters. The zero-order valence-corrected chi connectivity index (χ0v) is 14.6. The Labute approximate surface area is 147 Å². The van der Waals surface area contributed by atoms with Gasteiger partial charge in [-0.2, -0.15) is 5.26 Å². The maximum atomic E-state index is 9.19. The molecule has 4 aromatic rings. The van der Waals surface area contributed by atoms with Gasteiger partial charge in [0.25, 0.3) is 0 Å². The number of hydrogen-bond donors (Lipinski definition) is 0. The first kappa shape index (κ1) is 15.5. The van der Waals surface area contributed by atoms with E-state index in [1.54, 1.807) is 0 Å². The molecule has 1 aromatic heterocycles. The van der Waals surface area contributed by atoms with Crippen molar-refractivity contribution in [1.82, 2.24) is 4.57 Å². The summed E-state index contributed by atoms with van der Waals surface area (Å²) < 4.78 is 2.41. The van der Waals surface area contributed by atoms with E-state index in [0.29, 0.717) is 6.42 Å². The molecule has 4 rings (SSSR count). The van der Waals surface area contributed by atoms with Crippen LogP contribution in [0.4, 0.5) is 0 Å². The van der Waals surface area contributed by atoms with Crippen LogP contribution in [0.25, 0.3) is 21.8 Å². The standard InChI is InChI=1S/C23H20N2/c1-16-14-19(12-13-24)17(2)23-22(16)20-10-6-7-11-21(20)25(23)15-18-8-4-3-5-9-18/h3-11,14H,12,15H2,1-2H3. The van der Waals surface area contributed by atoms with Crippen LogP contribution in [0.2, 0.25) is 0 Å². The van der Waals surface area contributed by atoms with Gasteiger partial charge in [0.1, 0.15) is 0 Å². The van der Waals surface area contributed by atoms with Crippen molar-refractivity contribution in [2.75, 3.05) is 0 Å². The van der Waals surface area contributed by atoms with Gasteiger partial charge in [-0.25, -0.2) is 0 Å². The van der Waals surface area contributed by atoms with Crippen LogP contribution >= 0.6 is 0 Å². The molecular formula is C23H20N2. The highest BCUT2D eigenvalue weighted by atomic mass is 15.0. The molecule has 2 nitrogen and oxygen atoms in total. The monoisotopic (exact) mass is 324 g/mol.